The van der Waals surface area contributed by atoms with Gasteiger partial charge in [-0.3, -0.25) is 9.78 Å². The Morgan fingerprint density at radius 1 is 1.04 bits per heavy atom. The Kier molecular flexibility index (Phi) is 4.29. The van der Waals surface area contributed by atoms with Crippen LogP contribution in [0.25, 0.3) is 10.8 Å². The van der Waals surface area contributed by atoms with Gasteiger partial charge in [0.2, 0.25) is 5.91 Å². The molecule has 2 aromatic carbocycles. The fourth-order valence-corrected chi connectivity index (χ4v) is 3.39. The van der Waals surface area contributed by atoms with Crippen molar-refractivity contribution in [1.82, 2.24) is 9.97 Å². The number of nitrogens with zero attached hydrogens (tertiary/aromatic N) is 3. The summed E-state index contributed by atoms with van der Waals surface area (Å²) in [5.74, 6) is 1.03. The topological polar surface area (TPSA) is 58.1 Å². The van der Waals surface area contributed by atoms with Crippen LogP contribution < -0.4 is 10.2 Å². The van der Waals surface area contributed by atoms with Crippen LogP contribution in [0.2, 0.25) is 0 Å². The third-order valence-electron chi connectivity index (χ3n) is 4.79. The summed E-state index contributed by atoms with van der Waals surface area (Å²) in [6, 6.07) is 14.1. The van der Waals surface area contributed by atoms with E-state index >= 15 is 0 Å². The van der Waals surface area contributed by atoms with E-state index in [9.17, 15) is 4.79 Å². The van der Waals surface area contributed by atoms with E-state index in [1.807, 2.05) is 30.3 Å². The van der Waals surface area contributed by atoms with Crippen LogP contribution in [0.15, 0.2) is 61.1 Å². The number of benzene rings is 2. The number of carbonyl (C=O) groups is 1. The van der Waals surface area contributed by atoms with E-state index in [-0.39, 0.29) is 11.8 Å². The van der Waals surface area contributed by atoms with Gasteiger partial charge in [0.15, 0.2) is 0 Å². The summed E-state index contributed by atoms with van der Waals surface area (Å²) in [6.07, 6.45) is 6.80. The van der Waals surface area contributed by atoms with Crippen LogP contribution in [-0.4, -0.2) is 29.0 Å². The Hall–Kier alpha value is -2.95. The lowest BCUT2D eigenvalue weighted by Gasteiger charge is -2.31. The van der Waals surface area contributed by atoms with Crippen LogP contribution in [0.5, 0.6) is 0 Å². The molecular weight excluding hydrogens is 312 g/mol. The van der Waals surface area contributed by atoms with Crippen molar-refractivity contribution in [1.29, 1.82) is 0 Å². The normalized spacial score (nSPS) is 15.3. The molecule has 5 nitrogen and oxygen atoms in total. The molecule has 0 radical (unpaired) electrons. The molecule has 0 atom stereocenters. The van der Waals surface area contributed by atoms with Crippen LogP contribution in [0, 0.1) is 5.92 Å². The van der Waals surface area contributed by atoms with Crippen molar-refractivity contribution in [3.8, 4) is 0 Å². The monoisotopic (exact) mass is 332 g/mol. The Balaban J connectivity index is 1.42. The Morgan fingerprint density at radius 2 is 1.84 bits per heavy atom. The van der Waals surface area contributed by atoms with Gasteiger partial charge in [-0.15, -0.1) is 0 Å². The molecule has 0 unspecified atom stereocenters. The number of hydrogen-bond acceptors (Lipinski definition) is 4. The second-order valence-electron chi connectivity index (χ2n) is 6.34. The van der Waals surface area contributed by atoms with Crippen LogP contribution in [0.1, 0.15) is 12.8 Å². The maximum atomic E-state index is 12.7. The number of aromatic nitrogens is 2. The molecule has 1 aromatic heterocycles. The maximum Gasteiger partial charge on any atom is 0.227 e. The summed E-state index contributed by atoms with van der Waals surface area (Å²) in [4.78, 5) is 23.3. The SMILES string of the molecule is O=C(Nc1cccc2ccccc12)C1CCN(c2cnccn2)CC1. The summed E-state index contributed by atoms with van der Waals surface area (Å²) < 4.78 is 0. The largest absolute Gasteiger partial charge is 0.355 e. The molecule has 1 aliphatic heterocycles. The molecule has 1 N–H and O–H groups in total. The van der Waals surface area contributed by atoms with Crippen molar-refractivity contribution < 1.29 is 4.79 Å². The number of piperidine rings is 1. The summed E-state index contributed by atoms with van der Waals surface area (Å²) >= 11 is 0. The van der Waals surface area contributed by atoms with E-state index in [0.29, 0.717) is 0 Å². The summed E-state index contributed by atoms with van der Waals surface area (Å²) in [6.45, 7) is 1.65. The minimum absolute atomic E-state index is 0.0342. The van der Waals surface area contributed by atoms with E-state index in [1.165, 1.54) is 0 Å². The van der Waals surface area contributed by atoms with Crippen molar-refractivity contribution >= 4 is 28.2 Å². The van der Waals surface area contributed by atoms with Crippen LogP contribution in [-0.2, 0) is 4.79 Å². The number of nitrogens with one attached hydrogen (secondary N) is 1. The average Bonchev–Trinajstić information content (AvgIpc) is 2.69. The van der Waals surface area contributed by atoms with E-state index in [4.69, 9.17) is 0 Å². The van der Waals surface area contributed by atoms with Gasteiger partial charge >= 0.3 is 0 Å². The molecule has 1 aliphatic rings. The van der Waals surface area contributed by atoms with Gasteiger partial charge in [0.05, 0.1) is 6.20 Å². The zero-order valence-electron chi connectivity index (χ0n) is 13.9. The molecule has 0 bridgehead atoms. The van der Waals surface area contributed by atoms with Crippen molar-refractivity contribution in [2.75, 3.05) is 23.3 Å². The molecule has 2 heterocycles. The molecule has 3 aromatic rings. The van der Waals surface area contributed by atoms with Crippen molar-refractivity contribution in [3.63, 3.8) is 0 Å². The summed E-state index contributed by atoms with van der Waals surface area (Å²) in [7, 11) is 0. The highest BCUT2D eigenvalue weighted by atomic mass is 16.1. The number of fused-ring (bicyclic) bond motifs is 1. The Labute approximate surface area is 146 Å². The van der Waals surface area contributed by atoms with E-state index in [0.717, 1.165) is 48.2 Å². The number of hydrogen-bond donors (Lipinski definition) is 1. The number of amides is 1. The molecule has 4 rings (SSSR count). The second-order valence-corrected chi connectivity index (χ2v) is 6.34. The van der Waals surface area contributed by atoms with Crippen LogP contribution in [0.4, 0.5) is 11.5 Å². The minimum atomic E-state index is 0.0342. The van der Waals surface area contributed by atoms with Crippen molar-refractivity contribution in [2.24, 2.45) is 5.92 Å². The third-order valence-corrected chi connectivity index (χ3v) is 4.79. The van der Waals surface area contributed by atoms with Crippen molar-refractivity contribution in [3.05, 3.63) is 61.1 Å². The standard InChI is InChI=1S/C20H20N4O/c25-20(23-18-7-3-5-15-4-1-2-6-17(15)18)16-8-12-24(13-9-16)19-14-21-10-11-22-19/h1-7,10-11,14,16H,8-9,12-13H2,(H,23,25). The lowest BCUT2D eigenvalue weighted by atomic mass is 9.95. The van der Waals surface area contributed by atoms with Gasteiger partial charge in [-0.2, -0.15) is 0 Å². The van der Waals surface area contributed by atoms with Gasteiger partial charge in [-0.05, 0) is 24.3 Å². The Bertz CT molecular complexity index is 868. The van der Waals surface area contributed by atoms with Gasteiger partial charge in [-0.25, -0.2) is 4.98 Å². The average molecular weight is 332 g/mol. The molecule has 1 saturated heterocycles. The third kappa shape index (κ3) is 3.31. The lowest BCUT2D eigenvalue weighted by Crippen LogP contribution is -2.38. The highest BCUT2D eigenvalue weighted by Crippen LogP contribution is 2.26. The maximum absolute atomic E-state index is 12.7. The molecule has 1 fully saturated rings. The molecule has 0 aliphatic carbocycles. The second kappa shape index (κ2) is 6.89. The summed E-state index contributed by atoms with van der Waals surface area (Å²) in [5, 5.41) is 5.34. The fourth-order valence-electron chi connectivity index (χ4n) is 3.39. The molecular formula is C20H20N4O. The number of carbonyl (C=O) groups excluding carboxylic acids is 1. The van der Waals surface area contributed by atoms with Gasteiger partial charge in [0.25, 0.3) is 0 Å². The van der Waals surface area contributed by atoms with E-state index in [1.54, 1.807) is 18.6 Å². The first kappa shape index (κ1) is 15.6. The molecule has 0 saturated carbocycles. The highest BCUT2D eigenvalue weighted by molar-refractivity contribution is 6.02. The van der Waals surface area contributed by atoms with Gasteiger partial charge in [0.1, 0.15) is 5.82 Å². The molecule has 5 heteroatoms. The Morgan fingerprint density at radius 3 is 2.64 bits per heavy atom. The predicted octanol–water partition coefficient (Wildman–Crippen LogP) is 3.48. The zero-order valence-corrected chi connectivity index (χ0v) is 13.9. The zero-order chi connectivity index (χ0) is 17.1. The number of anilines is 2. The quantitative estimate of drug-likeness (QED) is 0.798. The molecule has 126 valence electrons. The first-order valence-corrected chi connectivity index (χ1v) is 8.61. The lowest BCUT2D eigenvalue weighted by molar-refractivity contribution is -0.120. The van der Waals surface area contributed by atoms with Crippen LogP contribution in [0.3, 0.4) is 0 Å². The predicted molar refractivity (Wildman–Crippen MR) is 99.5 cm³/mol. The molecule has 0 spiro atoms. The number of rotatable bonds is 3. The first-order chi connectivity index (χ1) is 12.3. The molecule has 25 heavy (non-hydrogen) atoms. The van der Waals surface area contributed by atoms with Gasteiger partial charge < -0.3 is 10.2 Å². The van der Waals surface area contributed by atoms with E-state index < -0.39 is 0 Å². The fraction of sp³-hybridized carbons (Fsp3) is 0.250. The smallest absolute Gasteiger partial charge is 0.227 e. The van der Waals surface area contributed by atoms with Crippen LogP contribution >= 0.6 is 0 Å². The van der Waals surface area contributed by atoms with Gasteiger partial charge in [0, 0.05) is 42.5 Å². The van der Waals surface area contributed by atoms with Crippen molar-refractivity contribution in [2.45, 2.75) is 12.8 Å². The minimum Gasteiger partial charge on any atom is -0.355 e. The van der Waals surface area contributed by atoms with E-state index in [2.05, 4.69) is 32.3 Å². The summed E-state index contributed by atoms with van der Waals surface area (Å²) in [5.41, 5.74) is 0.888. The van der Waals surface area contributed by atoms with Gasteiger partial charge in [-0.1, -0.05) is 36.4 Å². The first-order valence-electron chi connectivity index (χ1n) is 8.61. The highest BCUT2D eigenvalue weighted by Gasteiger charge is 2.26. The molecule has 1 amide bonds.